The van der Waals surface area contributed by atoms with Crippen molar-refractivity contribution in [3.05, 3.63) is 69.2 Å². The van der Waals surface area contributed by atoms with E-state index in [2.05, 4.69) is 70.2 Å². The Morgan fingerprint density at radius 2 is 1.96 bits per heavy atom. The monoisotopic (exact) mass is 369 g/mol. The lowest BCUT2D eigenvalue weighted by atomic mass is 9.85. The van der Waals surface area contributed by atoms with Crippen LogP contribution in [0.3, 0.4) is 0 Å². The summed E-state index contributed by atoms with van der Waals surface area (Å²) in [7, 11) is 0. The third kappa shape index (κ3) is 2.66. The van der Waals surface area contributed by atoms with Crippen LogP contribution in [0.25, 0.3) is 0 Å². The average molecular weight is 370 g/mol. The van der Waals surface area contributed by atoms with E-state index in [4.69, 9.17) is 0 Å². The average Bonchev–Trinajstić information content (AvgIpc) is 2.81. The number of carbonyl (C=O) groups is 1. The second kappa shape index (κ2) is 5.88. The van der Waals surface area contributed by atoms with Gasteiger partial charge in [-0.05, 0) is 48.7 Å². The summed E-state index contributed by atoms with van der Waals surface area (Å²) in [5, 5.41) is 0. The molecule has 118 valence electrons. The number of hydrogen-bond acceptors (Lipinski definition) is 2. The fourth-order valence-corrected chi connectivity index (χ4v) is 4.81. The number of ketones is 1. The number of aryl methyl sites for hydroxylation is 1. The van der Waals surface area contributed by atoms with E-state index in [0.717, 1.165) is 41.7 Å². The maximum atomic E-state index is 12.8. The molecular weight excluding hydrogens is 350 g/mol. The van der Waals surface area contributed by atoms with Gasteiger partial charge >= 0.3 is 0 Å². The highest BCUT2D eigenvalue weighted by molar-refractivity contribution is 9.10. The molecule has 0 saturated carbocycles. The van der Waals surface area contributed by atoms with E-state index in [1.165, 1.54) is 11.1 Å². The maximum absolute atomic E-state index is 12.8. The van der Waals surface area contributed by atoms with Crippen LogP contribution in [0.5, 0.6) is 0 Å². The zero-order valence-electron chi connectivity index (χ0n) is 13.3. The van der Waals surface area contributed by atoms with Crippen molar-refractivity contribution in [2.75, 3.05) is 13.1 Å². The van der Waals surface area contributed by atoms with Gasteiger partial charge in [0.05, 0.1) is 0 Å². The molecule has 0 spiro atoms. The fraction of sp³-hybridized carbons (Fsp3) is 0.350. The van der Waals surface area contributed by atoms with Crippen molar-refractivity contribution >= 4 is 21.7 Å². The molecule has 0 radical (unpaired) electrons. The summed E-state index contributed by atoms with van der Waals surface area (Å²) >= 11 is 3.60. The second-order valence-corrected chi connectivity index (χ2v) is 7.69. The molecule has 0 amide bonds. The molecule has 0 N–H and O–H groups in total. The molecule has 1 aliphatic carbocycles. The number of hydrogen-bond donors (Lipinski definition) is 0. The Kier molecular flexibility index (Phi) is 3.86. The Hall–Kier alpha value is -1.45. The van der Waals surface area contributed by atoms with E-state index in [1.807, 2.05) is 0 Å². The van der Waals surface area contributed by atoms with Crippen molar-refractivity contribution in [1.82, 2.24) is 4.90 Å². The first-order valence-corrected chi connectivity index (χ1v) is 9.03. The van der Waals surface area contributed by atoms with Crippen LogP contribution in [-0.4, -0.2) is 23.8 Å². The van der Waals surface area contributed by atoms with E-state index in [-0.39, 0.29) is 5.92 Å². The summed E-state index contributed by atoms with van der Waals surface area (Å²) in [5.74, 6) is 0.908. The van der Waals surface area contributed by atoms with Crippen LogP contribution in [-0.2, 0) is 6.54 Å². The van der Waals surface area contributed by atoms with Crippen LogP contribution < -0.4 is 0 Å². The standard InChI is InChI=1S/C20H20BrNO/c1-13-9-15(21)10-17-18-12-22(11-14-5-3-2-4-6-14)8-7-16(18)20(23)19(13)17/h2-6,9-10,16,18H,7-8,11-12H2,1H3/t16-,18+/m1/s1. The number of Topliss-reactive ketones (excluding diaryl/α,β-unsaturated/α-hetero) is 1. The first kappa shape index (κ1) is 15.1. The molecule has 4 rings (SSSR count). The summed E-state index contributed by atoms with van der Waals surface area (Å²) in [4.78, 5) is 15.3. The zero-order valence-corrected chi connectivity index (χ0v) is 14.8. The van der Waals surface area contributed by atoms with Crippen molar-refractivity contribution in [2.24, 2.45) is 5.92 Å². The van der Waals surface area contributed by atoms with Crippen LogP contribution in [0.1, 0.15) is 39.4 Å². The molecule has 2 nitrogen and oxygen atoms in total. The Bertz CT molecular complexity index is 756. The van der Waals surface area contributed by atoms with Crippen molar-refractivity contribution in [3.63, 3.8) is 0 Å². The van der Waals surface area contributed by atoms with Gasteiger partial charge in [0.1, 0.15) is 0 Å². The van der Waals surface area contributed by atoms with Gasteiger partial charge in [-0.1, -0.05) is 46.3 Å². The SMILES string of the molecule is Cc1cc(Br)cc2c1C(=O)[C@@H]1CCN(Cc3ccccc3)C[C@H]21. The summed E-state index contributed by atoms with van der Waals surface area (Å²) in [5.41, 5.74) is 4.71. The van der Waals surface area contributed by atoms with Gasteiger partial charge in [0, 0.05) is 35.0 Å². The fourth-order valence-electron chi connectivity index (χ4n) is 4.22. The van der Waals surface area contributed by atoms with E-state index < -0.39 is 0 Å². The molecule has 0 aromatic heterocycles. The minimum Gasteiger partial charge on any atom is -0.298 e. The molecule has 2 aliphatic rings. The lowest BCUT2D eigenvalue weighted by molar-refractivity contribution is 0.0834. The van der Waals surface area contributed by atoms with Crippen LogP contribution in [0, 0.1) is 12.8 Å². The summed E-state index contributed by atoms with van der Waals surface area (Å²) < 4.78 is 1.09. The predicted octanol–water partition coefficient (Wildman–Crippen LogP) is 4.56. The molecule has 3 heteroatoms. The van der Waals surface area contributed by atoms with Gasteiger partial charge in [0.25, 0.3) is 0 Å². The van der Waals surface area contributed by atoms with Crippen LogP contribution in [0.15, 0.2) is 46.9 Å². The molecule has 2 aromatic carbocycles. The predicted molar refractivity (Wildman–Crippen MR) is 95.8 cm³/mol. The number of halogens is 1. The number of likely N-dealkylation sites (tertiary alicyclic amines) is 1. The topological polar surface area (TPSA) is 20.3 Å². The van der Waals surface area contributed by atoms with E-state index in [9.17, 15) is 4.79 Å². The highest BCUT2D eigenvalue weighted by atomic mass is 79.9. The number of rotatable bonds is 2. The van der Waals surface area contributed by atoms with Gasteiger partial charge in [0.2, 0.25) is 0 Å². The highest BCUT2D eigenvalue weighted by Gasteiger charge is 2.43. The van der Waals surface area contributed by atoms with Crippen LogP contribution in [0.4, 0.5) is 0 Å². The minimum atomic E-state index is 0.185. The van der Waals surface area contributed by atoms with Crippen molar-refractivity contribution < 1.29 is 4.79 Å². The second-order valence-electron chi connectivity index (χ2n) is 6.77. The zero-order chi connectivity index (χ0) is 16.0. The van der Waals surface area contributed by atoms with Gasteiger partial charge in [-0.25, -0.2) is 0 Å². The molecule has 1 fully saturated rings. The summed E-state index contributed by atoms with van der Waals surface area (Å²) in [6, 6.07) is 14.8. The number of carbonyl (C=O) groups excluding carboxylic acids is 1. The van der Waals surface area contributed by atoms with Crippen molar-refractivity contribution in [3.8, 4) is 0 Å². The van der Waals surface area contributed by atoms with Gasteiger partial charge in [-0.3, -0.25) is 9.69 Å². The lowest BCUT2D eigenvalue weighted by Gasteiger charge is -2.34. The molecule has 0 unspecified atom stereocenters. The van der Waals surface area contributed by atoms with Gasteiger partial charge in [0.15, 0.2) is 5.78 Å². The smallest absolute Gasteiger partial charge is 0.167 e. The van der Waals surface area contributed by atoms with Crippen LogP contribution >= 0.6 is 15.9 Å². The lowest BCUT2D eigenvalue weighted by Crippen LogP contribution is -2.38. The summed E-state index contributed by atoms with van der Waals surface area (Å²) in [6.07, 6.45) is 0.974. The maximum Gasteiger partial charge on any atom is 0.167 e. The molecular formula is C20H20BrNO. The molecule has 1 heterocycles. The molecule has 1 aliphatic heterocycles. The molecule has 1 saturated heterocycles. The Labute approximate surface area is 145 Å². The van der Waals surface area contributed by atoms with Crippen molar-refractivity contribution in [1.29, 1.82) is 0 Å². The van der Waals surface area contributed by atoms with Crippen molar-refractivity contribution in [2.45, 2.75) is 25.8 Å². The first-order valence-electron chi connectivity index (χ1n) is 8.24. The van der Waals surface area contributed by atoms with E-state index in [0.29, 0.717) is 11.7 Å². The number of nitrogens with zero attached hydrogens (tertiary/aromatic N) is 1. The molecule has 2 aromatic rings. The normalized spacial score (nSPS) is 23.7. The quantitative estimate of drug-likeness (QED) is 0.773. The van der Waals surface area contributed by atoms with Gasteiger partial charge in [-0.15, -0.1) is 0 Å². The minimum absolute atomic E-state index is 0.185. The van der Waals surface area contributed by atoms with E-state index in [1.54, 1.807) is 0 Å². The van der Waals surface area contributed by atoms with Gasteiger partial charge in [-0.2, -0.15) is 0 Å². The number of fused-ring (bicyclic) bond motifs is 3. The van der Waals surface area contributed by atoms with Crippen LogP contribution in [0.2, 0.25) is 0 Å². The Balaban J connectivity index is 1.61. The Morgan fingerprint density at radius 1 is 1.17 bits per heavy atom. The number of piperidine rings is 1. The van der Waals surface area contributed by atoms with E-state index >= 15 is 0 Å². The molecule has 2 atom stereocenters. The molecule has 0 bridgehead atoms. The molecule has 23 heavy (non-hydrogen) atoms. The third-order valence-electron chi connectivity index (χ3n) is 5.26. The number of benzene rings is 2. The largest absolute Gasteiger partial charge is 0.298 e. The third-order valence-corrected chi connectivity index (χ3v) is 5.72. The summed E-state index contributed by atoms with van der Waals surface area (Å²) in [6.45, 7) is 5.02. The highest BCUT2D eigenvalue weighted by Crippen LogP contribution is 2.45. The van der Waals surface area contributed by atoms with Gasteiger partial charge < -0.3 is 0 Å². The first-order chi connectivity index (χ1) is 11.1. The Morgan fingerprint density at radius 3 is 2.74 bits per heavy atom.